The summed E-state index contributed by atoms with van der Waals surface area (Å²) in [5, 5.41) is 13.9. The molecule has 4 rings (SSSR count). The Morgan fingerprint density at radius 1 is 1.37 bits per heavy atom. The van der Waals surface area contributed by atoms with Crippen LogP contribution in [0.2, 0.25) is 5.02 Å². The molecule has 1 aliphatic carbocycles. The number of aromatic nitrogens is 1. The lowest BCUT2D eigenvalue weighted by atomic mass is 9.90. The van der Waals surface area contributed by atoms with E-state index in [4.69, 9.17) is 11.6 Å². The molecule has 0 aliphatic heterocycles. The molecule has 6 heteroatoms. The highest BCUT2D eigenvalue weighted by molar-refractivity contribution is 6.37. The normalized spacial score (nSPS) is 15.8. The maximum atomic E-state index is 13.7. The Hall–Kier alpha value is -2.84. The van der Waals surface area contributed by atoms with Crippen molar-refractivity contribution < 1.29 is 9.18 Å². The molecule has 1 heterocycles. The Labute approximate surface area is 180 Å². The van der Waals surface area contributed by atoms with E-state index in [1.165, 1.54) is 12.1 Å². The second-order valence-electron chi connectivity index (χ2n) is 8.18. The molecular formula is C24H23ClFN3O. The van der Waals surface area contributed by atoms with Crippen molar-refractivity contribution >= 4 is 28.4 Å². The first kappa shape index (κ1) is 20.4. The highest BCUT2D eigenvalue weighted by Gasteiger charge is 2.28. The molecule has 4 nitrogen and oxygen atoms in total. The molecule has 1 aliphatic rings. The molecule has 0 fully saturated rings. The number of fused-ring (bicyclic) bond motifs is 3. The molecule has 1 unspecified atom stereocenters. The van der Waals surface area contributed by atoms with Crippen LogP contribution >= 0.6 is 11.6 Å². The third-order valence-corrected chi connectivity index (χ3v) is 6.18. The second kappa shape index (κ2) is 8.12. The monoisotopic (exact) mass is 423 g/mol. The largest absolute Gasteiger partial charge is 0.353 e. The number of rotatable bonds is 4. The zero-order chi connectivity index (χ0) is 21.4. The molecule has 0 saturated carbocycles. The predicted octanol–water partition coefficient (Wildman–Crippen LogP) is 4.98. The molecule has 154 valence electrons. The number of hydrogen-bond acceptors (Lipinski definition) is 2. The van der Waals surface area contributed by atoms with Crippen molar-refractivity contribution in [2.45, 2.75) is 45.7 Å². The van der Waals surface area contributed by atoms with Gasteiger partial charge < -0.3 is 9.88 Å². The van der Waals surface area contributed by atoms with E-state index in [0.29, 0.717) is 23.6 Å². The molecule has 1 amide bonds. The number of nitriles is 1. The standard InChI is InChI=1S/C24H23ClFN3O/c1-14(2)24(30)28-18-7-9-20-19(11-18)22-21(8-6-16(12-27)23(22)25)29(20)13-15-4-3-5-17(26)10-15/h3-6,8,10,14,18H,7,9,11,13H2,1-2H3,(H,28,30). The summed E-state index contributed by atoms with van der Waals surface area (Å²) in [6.45, 7) is 4.28. The average molecular weight is 424 g/mol. The van der Waals surface area contributed by atoms with Gasteiger partial charge in [-0.25, -0.2) is 4.39 Å². The summed E-state index contributed by atoms with van der Waals surface area (Å²) in [5.41, 5.74) is 4.45. The number of halogens is 2. The first-order chi connectivity index (χ1) is 14.4. The second-order valence-corrected chi connectivity index (χ2v) is 8.56. The molecule has 2 aromatic carbocycles. The molecule has 0 bridgehead atoms. The van der Waals surface area contributed by atoms with Crippen molar-refractivity contribution in [3.8, 4) is 6.07 Å². The highest BCUT2D eigenvalue weighted by Crippen LogP contribution is 2.38. The Morgan fingerprint density at radius 3 is 2.87 bits per heavy atom. The van der Waals surface area contributed by atoms with E-state index >= 15 is 0 Å². The van der Waals surface area contributed by atoms with Crippen LogP contribution in [-0.2, 0) is 24.2 Å². The van der Waals surface area contributed by atoms with Gasteiger partial charge in [0.2, 0.25) is 5.91 Å². The first-order valence-corrected chi connectivity index (χ1v) is 10.5. The highest BCUT2D eigenvalue weighted by atomic mass is 35.5. The molecule has 1 aromatic heterocycles. The lowest BCUT2D eigenvalue weighted by Gasteiger charge is -2.26. The first-order valence-electron chi connectivity index (χ1n) is 10.2. The summed E-state index contributed by atoms with van der Waals surface area (Å²) in [6, 6.07) is 12.4. The average Bonchev–Trinajstić information content (AvgIpc) is 3.02. The minimum atomic E-state index is -0.265. The van der Waals surface area contributed by atoms with Gasteiger partial charge in [0.25, 0.3) is 0 Å². The van der Waals surface area contributed by atoms with E-state index in [1.54, 1.807) is 12.1 Å². The predicted molar refractivity (Wildman–Crippen MR) is 116 cm³/mol. The van der Waals surface area contributed by atoms with Crippen LogP contribution in [0.5, 0.6) is 0 Å². The van der Waals surface area contributed by atoms with Gasteiger partial charge >= 0.3 is 0 Å². The SMILES string of the molecule is CC(C)C(=O)NC1CCc2c(c3c(Cl)c(C#N)ccc3n2Cc2cccc(F)c2)C1. The van der Waals surface area contributed by atoms with Crippen molar-refractivity contribution in [1.82, 2.24) is 9.88 Å². The van der Waals surface area contributed by atoms with Gasteiger partial charge in [-0.2, -0.15) is 5.26 Å². The van der Waals surface area contributed by atoms with E-state index in [1.807, 2.05) is 26.0 Å². The van der Waals surface area contributed by atoms with Crippen LogP contribution < -0.4 is 5.32 Å². The molecule has 0 radical (unpaired) electrons. The lowest BCUT2D eigenvalue weighted by molar-refractivity contribution is -0.124. The maximum absolute atomic E-state index is 13.7. The summed E-state index contributed by atoms with van der Waals surface area (Å²) in [6.07, 6.45) is 2.27. The van der Waals surface area contributed by atoms with E-state index in [2.05, 4.69) is 16.0 Å². The van der Waals surface area contributed by atoms with Gasteiger partial charge in [0.15, 0.2) is 0 Å². The minimum Gasteiger partial charge on any atom is -0.353 e. The Kier molecular flexibility index (Phi) is 5.53. The summed E-state index contributed by atoms with van der Waals surface area (Å²) < 4.78 is 15.9. The third-order valence-electron chi connectivity index (χ3n) is 5.79. The molecule has 30 heavy (non-hydrogen) atoms. The number of nitrogens with zero attached hydrogens (tertiary/aromatic N) is 2. The molecule has 1 N–H and O–H groups in total. The van der Waals surface area contributed by atoms with Crippen LogP contribution in [0.4, 0.5) is 4.39 Å². The quantitative estimate of drug-likeness (QED) is 0.643. The Morgan fingerprint density at radius 2 is 2.17 bits per heavy atom. The maximum Gasteiger partial charge on any atom is 0.222 e. The number of hydrogen-bond donors (Lipinski definition) is 1. The minimum absolute atomic E-state index is 0.0300. The van der Waals surface area contributed by atoms with Crippen LogP contribution in [0.3, 0.4) is 0 Å². The zero-order valence-corrected chi connectivity index (χ0v) is 17.8. The van der Waals surface area contributed by atoms with Crippen molar-refractivity contribution in [2.75, 3.05) is 0 Å². The van der Waals surface area contributed by atoms with Crippen LogP contribution in [0.25, 0.3) is 10.9 Å². The summed E-state index contributed by atoms with van der Waals surface area (Å²) in [7, 11) is 0. The van der Waals surface area contributed by atoms with Crippen molar-refractivity contribution in [1.29, 1.82) is 5.26 Å². The number of carbonyl (C=O) groups excluding carboxylic acids is 1. The van der Waals surface area contributed by atoms with Gasteiger partial charge in [0, 0.05) is 29.6 Å². The van der Waals surface area contributed by atoms with E-state index in [9.17, 15) is 14.4 Å². The van der Waals surface area contributed by atoms with E-state index in [-0.39, 0.29) is 23.7 Å². The molecular weight excluding hydrogens is 401 g/mol. The van der Waals surface area contributed by atoms with Gasteiger partial charge in [0.1, 0.15) is 11.9 Å². The van der Waals surface area contributed by atoms with Crippen molar-refractivity contribution in [2.24, 2.45) is 5.92 Å². The van der Waals surface area contributed by atoms with Crippen LogP contribution in [0, 0.1) is 23.1 Å². The number of amides is 1. The fourth-order valence-electron chi connectivity index (χ4n) is 4.27. The summed E-state index contributed by atoms with van der Waals surface area (Å²) in [5.74, 6) is -0.302. The van der Waals surface area contributed by atoms with Crippen molar-refractivity contribution in [3.05, 3.63) is 69.6 Å². The van der Waals surface area contributed by atoms with Crippen LogP contribution in [0.15, 0.2) is 36.4 Å². The van der Waals surface area contributed by atoms with Gasteiger partial charge in [-0.15, -0.1) is 0 Å². The number of nitrogens with one attached hydrogen (secondary N) is 1. The van der Waals surface area contributed by atoms with Gasteiger partial charge in [-0.05, 0) is 54.7 Å². The number of carbonyl (C=O) groups is 1. The molecule has 0 spiro atoms. The van der Waals surface area contributed by atoms with Gasteiger partial charge in [0.05, 0.1) is 16.1 Å². The Bertz CT molecular complexity index is 1180. The third kappa shape index (κ3) is 3.68. The van der Waals surface area contributed by atoms with Crippen LogP contribution in [0.1, 0.15) is 42.7 Å². The molecule has 0 saturated heterocycles. The summed E-state index contributed by atoms with van der Waals surface area (Å²) >= 11 is 6.64. The van der Waals surface area contributed by atoms with Gasteiger partial charge in [-0.3, -0.25) is 4.79 Å². The van der Waals surface area contributed by atoms with Crippen molar-refractivity contribution in [3.63, 3.8) is 0 Å². The summed E-state index contributed by atoms with van der Waals surface area (Å²) in [4.78, 5) is 12.2. The van der Waals surface area contributed by atoms with E-state index in [0.717, 1.165) is 40.6 Å². The Balaban J connectivity index is 1.81. The number of benzene rings is 2. The van der Waals surface area contributed by atoms with Gasteiger partial charge in [-0.1, -0.05) is 37.6 Å². The smallest absolute Gasteiger partial charge is 0.222 e. The lowest BCUT2D eigenvalue weighted by Crippen LogP contribution is -2.41. The molecule has 1 atom stereocenters. The fourth-order valence-corrected chi connectivity index (χ4v) is 4.59. The van der Waals surface area contributed by atoms with Crippen LogP contribution in [-0.4, -0.2) is 16.5 Å². The zero-order valence-electron chi connectivity index (χ0n) is 17.0. The molecule has 3 aromatic rings. The van der Waals surface area contributed by atoms with E-state index < -0.39 is 0 Å². The fraction of sp³-hybridized carbons (Fsp3) is 0.333. The topological polar surface area (TPSA) is 57.8 Å².